The van der Waals surface area contributed by atoms with Crippen LogP contribution in [0.15, 0.2) is 42.3 Å². The van der Waals surface area contributed by atoms with Gasteiger partial charge in [-0.2, -0.15) is 0 Å². The first kappa shape index (κ1) is 13.7. The topological polar surface area (TPSA) is 20.2 Å². The molecule has 0 saturated heterocycles. The van der Waals surface area contributed by atoms with E-state index in [0.717, 1.165) is 21.6 Å². The predicted molar refractivity (Wildman–Crippen MR) is 78.9 cm³/mol. The van der Waals surface area contributed by atoms with Crippen molar-refractivity contribution in [3.05, 3.63) is 53.5 Å². The SMILES string of the molecule is C=C(C)c1cc(O)cc(C(=C)S/C(C)=C\C)c1. The molecule has 1 N–H and O–H groups in total. The van der Waals surface area contributed by atoms with Gasteiger partial charge in [0.1, 0.15) is 5.75 Å². The number of rotatable bonds is 4. The molecule has 2 heteroatoms. The molecule has 0 amide bonds. The van der Waals surface area contributed by atoms with Crippen LogP contribution in [0, 0.1) is 0 Å². The first-order chi connectivity index (χ1) is 7.93. The summed E-state index contributed by atoms with van der Waals surface area (Å²) in [6.07, 6.45) is 2.04. The average Bonchev–Trinajstić information content (AvgIpc) is 2.27. The summed E-state index contributed by atoms with van der Waals surface area (Å²) in [7, 11) is 0. The molecule has 0 aliphatic rings. The molecule has 1 nitrogen and oxygen atoms in total. The van der Waals surface area contributed by atoms with Gasteiger partial charge in [0, 0.05) is 4.91 Å². The number of phenols is 1. The summed E-state index contributed by atoms with van der Waals surface area (Å²) in [5, 5.41) is 9.68. The quantitative estimate of drug-likeness (QED) is 0.802. The molecular formula is C15H18OS. The molecule has 0 aromatic heterocycles. The number of aromatic hydroxyl groups is 1. The fourth-order valence-corrected chi connectivity index (χ4v) is 2.07. The molecule has 1 rings (SSSR count). The number of thioether (sulfide) groups is 1. The largest absolute Gasteiger partial charge is 0.508 e. The monoisotopic (exact) mass is 246 g/mol. The van der Waals surface area contributed by atoms with Crippen molar-refractivity contribution >= 4 is 22.2 Å². The van der Waals surface area contributed by atoms with Crippen LogP contribution in [0.4, 0.5) is 0 Å². The maximum Gasteiger partial charge on any atom is 0.116 e. The summed E-state index contributed by atoms with van der Waals surface area (Å²) in [4.78, 5) is 2.12. The van der Waals surface area contributed by atoms with Crippen LogP contribution in [0.25, 0.3) is 10.5 Å². The van der Waals surface area contributed by atoms with E-state index in [2.05, 4.69) is 13.2 Å². The maximum atomic E-state index is 9.68. The normalized spacial score (nSPS) is 11.4. The lowest BCUT2D eigenvalue weighted by Crippen LogP contribution is -1.84. The van der Waals surface area contributed by atoms with Crippen LogP contribution >= 0.6 is 11.8 Å². The third-order valence-corrected chi connectivity index (χ3v) is 3.46. The number of hydrogen-bond acceptors (Lipinski definition) is 2. The molecule has 0 unspecified atom stereocenters. The van der Waals surface area contributed by atoms with Gasteiger partial charge in [0.15, 0.2) is 0 Å². The lowest BCUT2D eigenvalue weighted by atomic mass is 10.1. The van der Waals surface area contributed by atoms with Crippen LogP contribution in [-0.4, -0.2) is 5.11 Å². The molecule has 0 bridgehead atoms. The van der Waals surface area contributed by atoms with Gasteiger partial charge in [-0.05, 0) is 55.0 Å². The minimum atomic E-state index is 0.250. The van der Waals surface area contributed by atoms with Crippen molar-refractivity contribution in [2.75, 3.05) is 0 Å². The van der Waals surface area contributed by atoms with E-state index in [1.807, 2.05) is 32.9 Å². The first-order valence-electron chi connectivity index (χ1n) is 5.44. The molecule has 0 radical (unpaired) electrons. The predicted octanol–water partition coefficient (Wildman–Crippen LogP) is 5.05. The Labute approximate surface area is 108 Å². The highest BCUT2D eigenvalue weighted by Gasteiger charge is 2.05. The van der Waals surface area contributed by atoms with Gasteiger partial charge in [-0.15, -0.1) is 0 Å². The van der Waals surface area contributed by atoms with Gasteiger partial charge >= 0.3 is 0 Å². The Morgan fingerprint density at radius 2 is 1.76 bits per heavy atom. The van der Waals surface area contributed by atoms with Crippen LogP contribution in [0.3, 0.4) is 0 Å². The molecule has 1 aromatic rings. The number of allylic oxidation sites excluding steroid dienone is 3. The van der Waals surface area contributed by atoms with Crippen molar-refractivity contribution in [3.63, 3.8) is 0 Å². The fraction of sp³-hybridized carbons (Fsp3) is 0.200. The van der Waals surface area contributed by atoms with Crippen molar-refractivity contribution < 1.29 is 5.11 Å². The van der Waals surface area contributed by atoms with E-state index >= 15 is 0 Å². The van der Waals surface area contributed by atoms with E-state index in [1.54, 1.807) is 23.9 Å². The molecule has 1 aromatic carbocycles. The molecule has 0 spiro atoms. The maximum absolute atomic E-state index is 9.68. The lowest BCUT2D eigenvalue weighted by Gasteiger charge is -2.09. The van der Waals surface area contributed by atoms with Gasteiger partial charge in [0.25, 0.3) is 0 Å². The molecule has 0 aliphatic carbocycles. The Morgan fingerprint density at radius 3 is 2.29 bits per heavy atom. The number of phenolic OH excluding ortho intramolecular Hbond substituents is 1. The summed E-state index contributed by atoms with van der Waals surface area (Å²) < 4.78 is 0. The minimum Gasteiger partial charge on any atom is -0.508 e. The minimum absolute atomic E-state index is 0.250. The zero-order valence-electron chi connectivity index (χ0n) is 10.6. The van der Waals surface area contributed by atoms with E-state index in [9.17, 15) is 5.11 Å². The average molecular weight is 246 g/mol. The Morgan fingerprint density at radius 1 is 1.18 bits per heavy atom. The third-order valence-electron chi connectivity index (χ3n) is 2.42. The smallest absolute Gasteiger partial charge is 0.116 e. The summed E-state index contributed by atoms with van der Waals surface area (Å²) in [6, 6.07) is 5.44. The Hall–Kier alpha value is -1.41. The summed E-state index contributed by atoms with van der Waals surface area (Å²) in [5.41, 5.74) is 2.82. The van der Waals surface area contributed by atoms with Crippen molar-refractivity contribution in [2.24, 2.45) is 0 Å². The van der Waals surface area contributed by atoms with E-state index in [0.29, 0.717) is 0 Å². The number of hydrogen-bond donors (Lipinski definition) is 1. The van der Waals surface area contributed by atoms with Crippen LogP contribution in [0.2, 0.25) is 0 Å². The van der Waals surface area contributed by atoms with Gasteiger partial charge in [-0.3, -0.25) is 0 Å². The molecule has 0 atom stereocenters. The zero-order chi connectivity index (χ0) is 13.0. The van der Waals surface area contributed by atoms with Crippen LogP contribution in [-0.2, 0) is 0 Å². The molecular weight excluding hydrogens is 228 g/mol. The molecule has 0 heterocycles. The zero-order valence-corrected chi connectivity index (χ0v) is 11.4. The highest BCUT2D eigenvalue weighted by molar-refractivity contribution is 8.11. The summed E-state index contributed by atoms with van der Waals surface area (Å²) >= 11 is 1.61. The number of benzene rings is 1. The second kappa shape index (κ2) is 5.78. The van der Waals surface area contributed by atoms with Gasteiger partial charge in [0.05, 0.1) is 0 Å². The van der Waals surface area contributed by atoms with E-state index < -0.39 is 0 Å². The Kier molecular flexibility index (Phi) is 4.64. The van der Waals surface area contributed by atoms with Gasteiger partial charge in [0.2, 0.25) is 0 Å². The fourth-order valence-electron chi connectivity index (χ4n) is 1.33. The summed E-state index contributed by atoms with van der Waals surface area (Å²) in [5.74, 6) is 0.250. The van der Waals surface area contributed by atoms with E-state index in [4.69, 9.17) is 0 Å². The van der Waals surface area contributed by atoms with Crippen LogP contribution in [0.5, 0.6) is 5.75 Å². The Bertz CT molecular complexity index is 484. The highest BCUT2D eigenvalue weighted by atomic mass is 32.2. The molecule has 0 aliphatic heterocycles. The lowest BCUT2D eigenvalue weighted by molar-refractivity contribution is 0.475. The van der Waals surface area contributed by atoms with Crippen molar-refractivity contribution in [1.29, 1.82) is 0 Å². The van der Waals surface area contributed by atoms with E-state index in [1.165, 1.54) is 4.91 Å². The van der Waals surface area contributed by atoms with Gasteiger partial charge < -0.3 is 5.11 Å². The molecule has 17 heavy (non-hydrogen) atoms. The standard InChI is InChI=1S/C15H18OS/c1-6-11(4)17-12(5)14-7-13(10(2)3)8-15(16)9-14/h6-9,16H,2,5H2,1,3-4H3/b11-6-. The van der Waals surface area contributed by atoms with Crippen LogP contribution < -0.4 is 0 Å². The van der Waals surface area contributed by atoms with Crippen LogP contribution in [0.1, 0.15) is 31.9 Å². The molecule has 0 saturated carbocycles. The van der Waals surface area contributed by atoms with E-state index in [-0.39, 0.29) is 5.75 Å². The second-order valence-corrected chi connectivity index (χ2v) is 5.31. The Balaban J connectivity index is 3.06. The van der Waals surface area contributed by atoms with Gasteiger partial charge in [-0.1, -0.05) is 36.6 Å². The van der Waals surface area contributed by atoms with Gasteiger partial charge in [-0.25, -0.2) is 0 Å². The molecule has 90 valence electrons. The second-order valence-electron chi connectivity index (χ2n) is 3.97. The van der Waals surface area contributed by atoms with Crippen molar-refractivity contribution in [3.8, 4) is 5.75 Å². The third kappa shape index (κ3) is 3.82. The highest BCUT2D eigenvalue weighted by Crippen LogP contribution is 2.34. The first-order valence-corrected chi connectivity index (χ1v) is 6.25. The van der Waals surface area contributed by atoms with Crippen molar-refractivity contribution in [2.45, 2.75) is 20.8 Å². The summed E-state index contributed by atoms with van der Waals surface area (Å²) in [6.45, 7) is 13.9. The van der Waals surface area contributed by atoms with Crippen molar-refractivity contribution in [1.82, 2.24) is 0 Å². The molecule has 0 fully saturated rings.